The first kappa shape index (κ1) is 12.2. The number of hydrogen-bond donors (Lipinski definition) is 0. The fourth-order valence-electron chi connectivity index (χ4n) is 1.44. The van der Waals surface area contributed by atoms with Crippen LogP contribution in [0.3, 0.4) is 0 Å². The summed E-state index contributed by atoms with van der Waals surface area (Å²) < 4.78 is 15.1. The van der Waals surface area contributed by atoms with E-state index in [4.69, 9.17) is 13.9 Å². The lowest BCUT2D eigenvalue weighted by atomic mass is 10.2. The van der Waals surface area contributed by atoms with Gasteiger partial charge in [-0.3, -0.25) is 0 Å². The molecular weight excluding hydrogens is 234 g/mol. The molecule has 0 spiro atoms. The van der Waals surface area contributed by atoms with Gasteiger partial charge in [-0.2, -0.15) is 0 Å². The van der Waals surface area contributed by atoms with Crippen LogP contribution in [-0.4, -0.2) is 24.7 Å². The molecule has 94 valence electrons. The molecule has 1 aromatic carbocycles. The van der Waals surface area contributed by atoms with Gasteiger partial charge in [0.1, 0.15) is 12.0 Å². The first-order valence-corrected chi connectivity index (χ1v) is 5.51. The third kappa shape index (κ3) is 2.51. The first-order chi connectivity index (χ1) is 8.74. The zero-order valence-corrected chi connectivity index (χ0v) is 10.2. The van der Waals surface area contributed by atoms with Gasteiger partial charge in [0.15, 0.2) is 5.69 Å². The van der Waals surface area contributed by atoms with E-state index in [9.17, 15) is 4.79 Å². The van der Waals surface area contributed by atoms with Crippen molar-refractivity contribution in [2.75, 3.05) is 13.7 Å². The van der Waals surface area contributed by atoms with Crippen LogP contribution in [0.4, 0.5) is 0 Å². The molecular formula is C13H13NO4. The standard InChI is InChI=1S/C13H13NO4/c1-3-17-13(15)11-8-18-12(14-11)9-4-6-10(16-2)7-5-9/h4-8H,3H2,1-2H3. The lowest BCUT2D eigenvalue weighted by Crippen LogP contribution is -2.04. The zero-order chi connectivity index (χ0) is 13.0. The highest BCUT2D eigenvalue weighted by Crippen LogP contribution is 2.21. The van der Waals surface area contributed by atoms with Crippen LogP contribution in [0.1, 0.15) is 17.4 Å². The van der Waals surface area contributed by atoms with E-state index in [-0.39, 0.29) is 5.69 Å². The number of oxazole rings is 1. The number of benzene rings is 1. The summed E-state index contributed by atoms with van der Waals surface area (Å²) in [5.41, 5.74) is 0.939. The highest BCUT2D eigenvalue weighted by molar-refractivity contribution is 5.87. The van der Waals surface area contributed by atoms with Gasteiger partial charge in [-0.25, -0.2) is 9.78 Å². The van der Waals surface area contributed by atoms with Gasteiger partial charge in [0.05, 0.1) is 13.7 Å². The van der Waals surface area contributed by atoms with E-state index in [2.05, 4.69) is 4.98 Å². The SMILES string of the molecule is CCOC(=O)c1coc(-c2ccc(OC)cc2)n1. The number of nitrogens with zero attached hydrogens (tertiary/aromatic N) is 1. The molecule has 0 saturated carbocycles. The highest BCUT2D eigenvalue weighted by Gasteiger charge is 2.14. The summed E-state index contributed by atoms with van der Waals surface area (Å²) in [5.74, 6) is 0.637. The van der Waals surface area contributed by atoms with E-state index < -0.39 is 5.97 Å². The van der Waals surface area contributed by atoms with Crippen LogP contribution in [0.15, 0.2) is 34.9 Å². The number of ether oxygens (including phenoxy) is 2. The third-order valence-corrected chi connectivity index (χ3v) is 2.33. The minimum absolute atomic E-state index is 0.169. The number of aromatic nitrogens is 1. The van der Waals surface area contributed by atoms with Gasteiger partial charge in [0, 0.05) is 5.56 Å². The molecule has 18 heavy (non-hydrogen) atoms. The second-order valence-electron chi connectivity index (χ2n) is 3.49. The van der Waals surface area contributed by atoms with Crippen LogP contribution < -0.4 is 4.74 Å². The molecule has 0 aliphatic heterocycles. The molecule has 5 heteroatoms. The molecule has 2 aromatic rings. The van der Waals surface area contributed by atoms with Crippen molar-refractivity contribution in [3.05, 3.63) is 36.2 Å². The van der Waals surface area contributed by atoms with Crippen molar-refractivity contribution >= 4 is 5.97 Å². The van der Waals surface area contributed by atoms with E-state index in [1.54, 1.807) is 38.3 Å². The van der Waals surface area contributed by atoms with E-state index in [1.165, 1.54) is 6.26 Å². The largest absolute Gasteiger partial charge is 0.497 e. The smallest absolute Gasteiger partial charge is 0.360 e. The molecule has 0 radical (unpaired) electrons. The number of rotatable bonds is 4. The second kappa shape index (κ2) is 5.35. The summed E-state index contributed by atoms with van der Waals surface area (Å²) >= 11 is 0. The Hall–Kier alpha value is -2.30. The quantitative estimate of drug-likeness (QED) is 0.777. The molecule has 1 aromatic heterocycles. The summed E-state index contributed by atoms with van der Waals surface area (Å²) in [6, 6.07) is 7.20. The Morgan fingerprint density at radius 2 is 2.06 bits per heavy atom. The average Bonchev–Trinajstić information content (AvgIpc) is 2.89. The Balaban J connectivity index is 2.20. The lowest BCUT2D eigenvalue weighted by Gasteiger charge is -1.99. The van der Waals surface area contributed by atoms with E-state index in [1.807, 2.05) is 0 Å². The molecule has 5 nitrogen and oxygen atoms in total. The van der Waals surface area contributed by atoms with Gasteiger partial charge >= 0.3 is 5.97 Å². The molecule has 0 N–H and O–H groups in total. The van der Waals surface area contributed by atoms with Crippen LogP contribution in [0.25, 0.3) is 11.5 Å². The lowest BCUT2D eigenvalue weighted by molar-refractivity contribution is 0.0519. The number of esters is 1. The molecule has 0 saturated heterocycles. The maximum Gasteiger partial charge on any atom is 0.360 e. The van der Waals surface area contributed by atoms with Crippen molar-refractivity contribution < 1.29 is 18.7 Å². The summed E-state index contributed by atoms with van der Waals surface area (Å²) in [5, 5.41) is 0. The number of carbonyl (C=O) groups excluding carboxylic acids is 1. The maximum atomic E-state index is 11.4. The predicted octanol–water partition coefficient (Wildman–Crippen LogP) is 2.53. The summed E-state index contributed by atoms with van der Waals surface area (Å²) in [4.78, 5) is 15.5. The highest BCUT2D eigenvalue weighted by atomic mass is 16.5. The molecule has 1 heterocycles. The van der Waals surface area contributed by atoms with E-state index in [0.717, 1.165) is 11.3 Å². The molecule has 0 bridgehead atoms. The van der Waals surface area contributed by atoms with Crippen LogP contribution in [0, 0.1) is 0 Å². The molecule has 0 aliphatic carbocycles. The molecule has 0 atom stereocenters. The predicted molar refractivity (Wildman–Crippen MR) is 64.4 cm³/mol. The Bertz CT molecular complexity index is 530. The van der Waals surface area contributed by atoms with Crippen LogP contribution in [-0.2, 0) is 4.74 Å². The summed E-state index contributed by atoms with van der Waals surface area (Å²) in [6.07, 6.45) is 1.29. The van der Waals surface area contributed by atoms with Crippen molar-refractivity contribution in [1.82, 2.24) is 4.98 Å². The number of methoxy groups -OCH3 is 1. The second-order valence-corrected chi connectivity index (χ2v) is 3.49. The fraction of sp³-hybridized carbons (Fsp3) is 0.231. The van der Waals surface area contributed by atoms with Crippen molar-refractivity contribution in [1.29, 1.82) is 0 Å². The minimum Gasteiger partial charge on any atom is -0.497 e. The Kier molecular flexibility index (Phi) is 3.62. The van der Waals surface area contributed by atoms with E-state index >= 15 is 0 Å². The van der Waals surface area contributed by atoms with Crippen LogP contribution in [0.2, 0.25) is 0 Å². The Labute approximate surface area is 104 Å². The molecule has 0 fully saturated rings. The number of hydrogen-bond acceptors (Lipinski definition) is 5. The van der Waals surface area contributed by atoms with Gasteiger partial charge in [-0.1, -0.05) is 0 Å². The van der Waals surface area contributed by atoms with E-state index in [0.29, 0.717) is 12.5 Å². The average molecular weight is 247 g/mol. The molecule has 0 unspecified atom stereocenters. The maximum absolute atomic E-state index is 11.4. The Morgan fingerprint density at radius 3 is 2.67 bits per heavy atom. The third-order valence-electron chi connectivity index (χ3n) is 2.33. The van der Waals surface area contributed by atoms with Crippen molar-refractivity contribution in [3.63, 3.8) is 0 Å². The van der Waals surface area contributed by atoms with Crippen molar-refractivity contribution in [3.8, 4) is 17.2 Å². The van der Waals surface area contributed by atoms with Crippen LogP contribution in [0.5, 0.6) is 5.75 Å². The number of carbonyl (C=O) groups is 1. The minimum atomic E-state index is -0.485. The first-order valence-electron chi connectivity index (χ1n) is 5.51. The van der Waals surface area contributed by atoms with Gasteiger partial charge in [0.25, 0.3) is 0 Å². The fourth-order valence-corrected chi connectivity index (χ4v) is 1.44. The van der Waals surface area contributed by atoms with Gasteiger partial charge in [-0.05, 0) is 31.2 Å². The molecule has 0 aliphatic rings. The topological polar surface area (TPSA) is 61.6 Å². The van der Waals surface area contributed by atoms with Gasteiger partial charge in [0.2, 0.25) is 5.89 Å². The summed E-state index contributed by atoms with van der Waals surface area (Å²) in [6.45, 7) is 2.05. The van der Waals surface area contributed by atoms with Gasteiger partial charge in [-0.15, -0.1) is 0 Å². The summed E-state index contributed by atoms with van der Waals surface area (Å²) in [7, 11) is 1.60. The van der Waals surface area contributed by atoms with Crippen molar-refractivity contribution in [2.45, 2.75) is 6.92 Å². The monoisotopic (exact) mass is 247 g/mol. The zero-order valence-electron chi connectivity index (χ0n) is 10.2. The van der Waals surface area contributed by atoms with Crippen LogP contribution >= 0.6 is 0 Å². The van der Waals surface area contributed by atoms with Crippen molar-refractivity contribution in [2.24, 2.45) is 0 Å². The van der Waals surface area contributed by atoms with Gasteiger partial charge < -0.3 is 13.9 Å². The Morgan fingerprint density at radius 1 is 1.33 bits per heavy atom. The normalized spacial score (nSPS) is 10.1. The molecule has 2 rings (SSSR count). The molecule has 0 amide bonds.